The molecule has 0 saturated carbocycles. The number of hydrogen-bond donors (Lipinski definition) is 0. The lowest BCUT2D eigenvalue weighted by Gasteiger charge is -2.20. The minimum atomic E-state index is -0.460. The molecule has 0 aliphatic heterocycles. The van der Waals surface area contributed by atoms with Crippen LogP contribution < -0.4 is 0 Å². The molecule has 0 radical (unpaired) electrons. The molecule has 0 atom stereocenters. The Balaban J connectivity index is 1.87. The lowest BCUT2D eigenvalue weighted by molar-refractivity contribution is -0.385. The minimum Gasteiger partial charge on any atom is -0.467 e. The molecule has 124 valence electrons. The van der Waals surface area contributed by atoms with E-state index in [1.54, 1.807) is 41.6 Å². The van der Waals surface area contributed by atoms with Gasteiger partial charge in [-0.1, -0.05) is 6.07 Å². The Bertz CT molecular complexity index is 801. The van der Waals surface area contributed by atoms with Crippen molar-refractivity contribution < 1.29 is 14.1 Å². The molecule has 0 saturated heterocycles. The summed E-state index contributed by atoms with van der Waals surface area (Å²) in [7, 11) is 0. The van der Waals surface area contributed by atoms with Crippen molar-refractivity contribution >= 4 is 34.3 Å². The van der Waals surface area contributed by atoms with Crippen molar-refractivity contribution in [3.63, 3.8) is 0 Å². The smallest absolute Gasteiger partial charge is 0.283 e. The predicted molar refractivity (Wildman–Crippen MR) is 92.3 cm³/mol. The van der Waals surface area contributed by atoms with Gasteiger partial charge in [0.1, 0.15) is 5.76 Å². The van der Waals surface area contributed by atoms with Gasteiger partial charge in [-0.15, -0.1) is 22.7 Å². The Morgan fingerprint density at radius 2 is 2.17 bits per heavy atom. The lowest BCUT2D eigenvalue weighted by Crippen LogP contribution is -2.29. The molecule has 0 unspecified atom stereocenters. The van der Waals surface area contributed by atoms with E-state index in [4.69, 9.17) is 4.42 Å². The second kappa shape index (κ2) is 6.98. The summed E-state index contributed by atoms with van der Waals surface area (Å²) in [6.45, 7) is 2.39. The fourth-order valence-electron chi connectivity index (χ4n) is 2.30. The van der Waals surface area contributed by atoms with Crippen LogP contribution in [0.3, 0.4) is 0 Å². The van der Waals surface area contributed by atoms with Crippen LogP contribution in [0, 0.1) is 17.0 Å². The summed E-state index contributed by atoms with van der Waals surface area (Å²) in [5.41, 5.74) is -0.0163. The molecule has 3 aromatic rings. The van der Waals surface area contributed by atoms with Gasteiger partial charge in [0, 0.05) is 10.9 Å². The van der Waals surface area contributed by atoms with Crippen LogP contribution in [-0.2, 0) is 13.1 Å². The van der Waals surface area contributed by atoms with Gasteiger partial charge in [-0.05, 0) is 30.5 Å². The van der Waals surface area contributed by atoms with Crippen molar-refractivity contribution in [1.29, 1.82) is 0 Å². The number of nitro groups is 1. The summed E-state index contributed by atoms with van der Waals surface area (Å²) in [5.74, 6) is 0.434. The Labute approximate surface area is 146 Å². The van der Waals surface area contributed by atoms with Crippen molar-refractivity contribution in [2.75, 3.05) is 0 Å². The molecular weight excluding hydrogens is 348 g/mol. The second-order valence-corrected chi connectivity index (χ2v) is 7.42. The number of furan rings is 1. The van der Waals surface area contributed by atoms with Gasteiger partial charge in [0.15, 0.2) is 0 Å². The molecule has 3 aromatic heterocycles. The molecule has 0 aliphatic carbocycles. The predicted octanol–water partition coefficient (Wildman–Crippen LogP) is 4.46. The van der Waals surface area contributed by atoms with Gasteiger partial charge in [-0.2, -0.15) is 0 Å². The second-order valence-electron chi connectivity index (χ2n) is 5.13. The Morgan fingerprint density at radius 1 is 1.33 bits per heavy atom. The highest BCUT2D eigenvalue weighted by Crippen LogP contribution is 2.30. The zero-order chi connectivity index (χ0) is 17.1. The van der Waals surface area contributed by atoms with E-state index < -0.39 is 4.92 Å². The topological polar surface area (TPSA) is 76.6 Å². The highest BCUT2D eigenvalue weighted by atomic mass is 32.1. The van der Waals surface area contributed by atoms with Gasteiger partial charge in [-0.25, -0.2) is 0 Å². The number of carbonyl (C=O) groups excluding carboxylic acids is 1. The fourth-order valence-corrected chi connectivity index (χ4v) is 3.97. The molecule has 6 nitrogen and oxygen atoms in total. The average Bonchev–Trinajstić information content (AvgIpc) is 3.27. The SMILES string of the molecule is Cc1sc(C(=O)N(Cc2ccco2)Cc2cccs2)cc1[N+](=O)[O-]. The molecule has 3 rings (SSSR count). The molecule has 8 heteroatoms. The first-order valence-electron chi connectivity index (χ1n) is 7.13. The van der Waals surface area contributed by atoms with Gasteiger partial charge in [0.05, 0.1) is 34.0 Å². The van der Waals surface area contributed by atoms with Crippen LogP contribution in [0.1, 0.15) is 25.2 Å². The number of rotatable bonds is 6. The summed E-state index contributed by atoms with van der Waals surface area (Å²) in [4.78, 5) is 27.0. The largest absolute Gasteiger partial charge is 0.467 e. The van der Waals surface area contributed by atoms with Crippen LogP contribution in [0.4, 0.5) is 5.69 Å². The molecule has 0 bridgehead atoms. The van der Waals surface area contributed by atoms with E-state index >= 15 is 0 Å². The lowest BCUT2D eigenvalue weighted by atomic mass is 10.3. The van der Waals surface area contributed by atoms with Gasteiger partial charge in [-0.3, -0.25) is 14.9 Å². The maximum Gasteiger partial charge on any atom is 0.283 e. The standard InChI is InChI=1S/C16H14N2O4S2/c1-11-14(18(20)21)8-15(24-11)16(19)17(9-12-4-2-6-22-12)10-13-5-3-7-23-13/h2-8H,9-10H2,1H3. The third kappa shape index (κ3) is 3.55. The number of nitrogens with zero attached hydrogens (tertiary/aromatic N) is 2. The van der Waals surface area contributed by atoms with Crippen molar-refractivity contribution in [1.82, 2.24) is 4.90 Å². The van der Waals surface area contributed by atoms with Crippen LogP contribution in [0.25, 0.3) is 0 Å². The van der Waals surface area contributed by atoms with Crippen LogP contribution in [0.5, 0.6) is 0 Å². The summed E-state index contributed by atoms with van der Waals surface area (Å²) >= 11 is 2.70. The first-order valence-corrected chi connectivity index (χ1v) is 8.83. The minimum absolute atomic E-state index is 0.0163. The number of carbonyl (C=O) groups is 1. The van der Waals surface area contributed by atoms with Crippen LogP contribution in [-0.4, -0.2) is 15.7 Å². The first-order chi connectivity index (χ1) is 11.5. The monoisotopic (exact) mass is 362 g/mol. The third-order valence-electron chi connectivity index (χ3n) is 3.44. The van der Waals surface area contributed by atoms with E-state index in [-0.39, 0.29) is 11.6 Å². The first kappa shape index (κ1) is 16.4. The average molecular weight is 362 g/mol. The van der Waals surface area contributed by atoms with Crippen molar-refractivity contribution in [3.05, 3.63) is 72.5 Å². The van der Waals surface area contributed by atoms with Crippen molar-refractivity contribution in [3.8, 4) is 0 Å². The molecule has 0 spiro atoms. The van der Waals surface area contributed by atoms with E-state index in [0.717, 1.165) is 16.2 Å². The number of aryl methyl sites for hydroxylation is 1. The molecule has 3 heterocycles. The van der Waals surface area contributed by atoms with Gasteiger partial charge >= 0.3 is 0 Å². The summed E-state index contributed by atoms with van der Waals surface area (Å²) in [5, 5.41) is 13.0. The van der Waals surface area contributed by atoms with Gasteiger partial charge in [0.25, 0.3) is 11.6 Å². The normalized spacial score (nSPS) is 10.7. The zero-order valence-electron chi connectivity index (χ0n) is 12.8. The van der Waals surface area contributed by atoms with Crippen LogP contribution >= 0.6 is 22.7 Å². The molecule has 1 amide bonds. The Kier molecular flexibility index (Phi) is 4.77. The Hall–Kier alpha value is -2.45. The van der Waals surface area contributed by atoms with Crippen molar-refractivity contribution in [2.45, 2.75) is 20.0 Å². The van der Waals surface area contributed by atoms with Crippen LogP contribution in [0.2, 0.25) is 0 Å². The summed E-state index contributed by atoms with van der Waals surface area (Å²) in [6, 6.07) is 8.80. The molecule has 0 N–H and O–H groups in total. The number of hydrogen-bond acceptors (Lipinski definition) is 6. The zero-order valence-corrected chi connectivity index (χ0v) is 14.4. The number of thiophene rings is 2. The molecule has 24 heavy (non-hydrogen) atoms. The molecule has 0 aromatic carbocycles. The van der Waals surface area contributed by atoms with E-state index in [1.165, 1.54) is 6.07 Å². The highest BCUT2D eigenvalue weighted by molar-refractivity contribution is 7.14. The van der Waals surface area contributed by atoms with Crippen LogP contribution in [0.15, 0.2) is 46.4 Å². The van der Waals surface area contributed by atoms with E-state index in [2.05, 4.69) is 0 Å². The van der Waals surface area contributed by atoms with E-state index in [9.17, 15) is 14.9 Å². The van der Waals surface area contributed by atoms with E-state index in [1.807, 2.05) is 17.5 Å². The number of amides is 1. The Morgan fingerprint density at radius 3 is 2.75 bits per heavy atom. The van der Waals surface area contributed by atoms with Gasteiger partial charge in [0.2, 0.25) is 0 Å². The fraction of sp³-hybridized carbons (Fsp3) is 0.188. The summed E-state index contributed by atoms with van der Waals surface area (Å²) < 4.78 is 5.34. The third-order valence-corrected chi connectivity index (χ3v) is 5.33. The summed E-state index contributed by atoms with van der Waals surface area (Å²) in [6.07, 6.45) is 1.56. The van der Waals surface area contributed by atoms with Gasteiger partial charge < -0.3 is 9.32 Å². The van der Waals surface area contributed by atoms with E-state index in [0.29, 0.717) is 28.6 Å². The highest BCUT2D eigenvalue weighted by Gasteiger charge is 2.24. The molecule has 0 fully saturated rings. The maximum absolute atomic E-state index is 12.9. The molecular formula is C16H14N2O4S2. The van der Waals surface area contributed by atoms with Crippen molar-refractivity contribution in [2.24, 2.45) is 0 Å². The maximum atomic E-state index is 12.9. The quantitative estimate of drug-likeness (QED) is 0.479. The molecule has 0 aliphatic rings.